The highest BCUT2D eigenvalue weighted by molar-refractivity contribution is 5.96. The minimum absolute atomic E-state index is 0.0282. The number of nitrogens with one attached hydrogen (secondary N) is 2. The van der Waals surface area contributed by atoms with E-state index in [1.807, 2.05) is 0 Å². The van der Waals surface area contributed by atoms with E-state index in [4.69, 9.17) is 0 Å². The van der Waals surface area contributed by atoms with E-state index in [9.17, 15) is 24.3 Å². The van der Waals surface area contributed by atoms with Gasteiger partial charge in [-0.2, -0.15) is 0 Å². The van der Waals surface area contributed by atoms with Crippen molar-refractivity contribution in [3.8, 4) is 0 Å². The number of hydrogen-bond acceptors (Lipinski definition) is 5. The van der Waals surface area contributed by atoms with Crippen molar-refractivity contribution in [2.24, 2.45) is 0 Å². The average Bonchev–Trinajstić information content (AvgIpc) is 2.92. The monoisotopic (exact) mass is 556 g/mol. The van der Waals surface area contributed by atoms with Crippen LogP contribution in [0.15, 0.2) is 72.9 Å². The van der Waals surface area contributed by atoms with Crippen LogP contribution in [-0.2, 0) is 23.9 Å². The second-order valence-electron chi connectivity index (χ2n) is 8.93. The largest absolute Gasteiger partial charge is 0.480 e. The molecular formula is C32H48N2O6. The van der Waals surface area contributed by atoms with Gasteiger partial charge in [-0.05, 0) is 71.1 Å². The molecule has 0 aromatic heterocycles. The van der Waals surface area contributed by atoms with Crippen LogP contribution in [0.2, 0.25) is 0 Å². The van der Waals surface area contributed by atoms with Crippen LogP contribution in [0.3, 0.4) is 0 Å². The predicted molar refractivity (Wildman–Crippen MR) is 161 cm³/mol. The van der Waals surface area contributed by atoms with Gasteiger partial charge in [0.15, 0.2) is 0 Å². The van der Waals surface area contributed by atoms with E-state index < -0.39 is 23.9 Å². The van der Waals surface area contributed by atoms with Crippen LogP contribution >= 0.6 is 0 Å². The van der Waals surface area contributed by atoms with Crippen molar-refractivity contribution in [3.05, 3.63) is 72.9 Å². The van der Waals surface area contributed by atoms with Crippen molar-refractivity contribution in [1.29, 1.82) is 0 Å². The minimum atomic E-state index is -1.16. The van der Waals surface area contributed by atoms with Crippen molar-refractivity contribution in [1.82, 2.24) is 10.6 Å². The standard InChI is InChI=1S/C32H48N2O6/c1-3-5-6-7-8-9-10-11-12-13-14-15-16-17-18-19-20-24-29(35)33-27-22-21-23-28(32(38)39)34-30(36)25-26-31(37)40-4-2/h5-6,8-9,11-12,14-15,17-18,25-26,28H,3-4,7,10,13,16,19-24,27H2,1-2H3,(H,33,35)(H,34,36)(H,38,39)/t28-/m0/s1. The van der Waals surface area contributed by atoms with E-state index >= 15 is 0 Å². The second-order valence-corrected chi connectivity index (χ2v) is 8.93. The smallest absolute Gasteiger partial charge is 0.330 e. The molecule has 0 rings (SSSR count). The molecule has 8 nitrogen and oxygen atoms in total. The number of allylic oxidation sites excluding steroid dienone is 10. The molecule has 0 aromatic carbocycles. The molecule has 0 aromatic rings. The van der Waals surface area contributed by atoms with E-state index in [2.05, 4.69) is 83.1 Å². The lowest BCUT2D eigenvalue weighted by molar-refractivity contribution is -0.141. The summed E-state index contributed by atoms with van der Waals surface area (Å²) >= 11 is 0. The van der Waals surface area contributed by atoms with Crippen LogP contribution in [0.1, 0.15) is 84.5 Å². The molecule has 2 amide bonds. The maximum atomic E-state index is 12.0. The Morgan fingerprint density at radius 2 is 1.32 bits per heavy atom. The van der Waals surface area contributed by atoms with Gasteiger partial charge in [-0.25, -0.2) is 9.59 Å². The van der Waals surface area contributed by atoms with Gasteiger partial charge in [-0.15, -0.1) is 0 Å². The molecule has 222 valence electrons. The number of esters is 1. The van der Waals surface area contributed by atoms with Crippen LogP contribution in [0, 0.1) is 0 Å². The Morgan fingerprint density at radius 3 is 1.88 bits per heavy atom. The van der Waals surface area contributed by atoms with E-state index in [0.29, 0.717) is 25.8 Å². The molecule has 3 N–H and O–H groups in total. The minimum Gasteiger partial charge on any atom is -0.480 e. The quantitative estimate of drug-likeness (QED) is 0.0625. The summed E-state index contributed by atoms with van der Waals surface area (Å²) in [6, 6.07) is -1.07. The van der Waals surface area contributed by atoms with Crippen LogP contribution < -0.4 is 10.6 Å². The topological polar surface area (TPSA) is 122 Å². The maximum absolute atomic E-state index is 12.0. The van der Waals surface area contributed by atoms with Gasteiger partial charge < -0.3 is 20.5 Å². The summed E-state index contributed by atoms with van der Waals surface area (Å²) < 4.78 is 4.67. The number of rotatable bonds is 23. The van der Waals surface area contributed by atoms with Crippen molar-refractivity contribution < 1.29 is 29.0 Å². The maximum Gasteiger partial charge on any atom is 0.330 e. The highest BCUT2D eigenvalue weighted by Gasteiger charge is 2.18. The Bertz CT molecular complexity index is 899. The molecule has 0 saturated carbocycles. The molecule has 0 bridgehead atoms. The molecule has 0 spiro atoms. The Balaban J connectivity index is 3.86. The fraction of sp³-hybridized carbons (Fsp3) is 0.500. The molecule has 8 heteroatoms. The van der Waals surface area contributed by atoms with Crippen LogP contribution in [0.4, 0.5) is 0 Å². The molecular weight excluding hydrogens is 508 g/mol. The van der Waals surface area contributed by atoms with Crippen molar-refractivity contribution in [2.75, 3.05) is 13.2 Å². The molecule has 0 unspecified atom stereocenters. The number of aliphatic carboxylic acids is 1. The lowest BCUT2D eigenvalue weighted by atomic mass is 10.1. The molecule has 0 radical (unpaired) electrons. The van der Waals surface area contributed by atoms with Gasteiger partial charge >= 0.3 is 11.9 Å². The molecule has 0 aliphatic rings. The molecule has 0 fully saturated rings. The molecule has 40 heavy (non-hydrogen) atoms. The lowest BCUT2D eigenvalue weighted by Gasteiger charge is -2.13. The third-order valence-electron chi connectivity index (χ3n) is 5.45. The Hall–Kier alpha value is -3.68. The van der Waals surface area contributed by atoms with Gasteiger partial charge in [0.25, 0.3) is 0 Å². The molecule has 0 heterocycles. The van der Waals surface area contributed by atoms with Crippen LogP contribution in [0.25, 0.3) is 0 Å². The number of carboxylic acids is 1. The van der Waals surface area contributed by atoms with Crippen molar-refractivity contribution in [3.63, 3.8) is 0 Å². The van der Waals surface area contributed by atoms with Gasteiger partial charge in [0.05, 0.1) is 6.61 Å². The first-order valence-electron chi connectivity index (χ1n) is 14.3. The van der Waals surface area contributed by atoms with E-state index in [1.54, 1.807) is 6.92 Å². The number of carboxylic acid groups (broad SMARTS) is 1. The Morgan fingerprint density at radius 1 is 0.750 bits per heavy atom. The van der Waals surface area contributed by atoms with Gasteiger partial charge in [-0.3, -0.25) is 9.59 Å². The summed E-state index contributed by atoms with van der Waals surface area (Å²) in [4.78, 5) is 46.4. The normalized spacial score (nSPS) is 12.8. The van der Waals surface area contributed by atoms with E-state index in [-0.39, 0.29) is 18.9 Å². The average molecular weight is 557 g/mol. The fourth-order valence-electron chi connectivity index (χ4n) is 3.35. The summed E-state index contributed by atoms with van der Waals surface area (Å²) in [5, 5.41) is 14.5. The van der Waals surface area contributed by atoms with Gasteiger partial charge in [0.2, 0.25) is 11.8 Å². The number of carbonyl (C=O) groups is 4. The molecule has 0 aliphatic carbocycles. The number of carbonyl (C=O) groups excluding carboxylic acids is 3. The third-order valence-corrected chi connectivity index (χ3v) is 5.45. The third kappa shape index (κ3) is 24.6. The second kappa shape index (κ2) is 26.9. The van der Waals surface area contributed by atoms with Gasteiger partial charge in [-0.1, -0.05) is 67.7 Å². The van der Waals surface area contributed by atoms with Gasteiger partial charge in [0.1, 0.15) is 6.04 Å². The SMILES string of the molecule is CCC=CCC=CCC=CCC=CCC=CCCCC(=O)NCCCC[C@H](NC(=O)C=CC(=O)OCC)C(=O)O. The summed E-state index contributed by atoms with van der Waals surface area (Å²) in [5.41, 5.74) is 0. The first kappa shape index (κ1) is 36.3. The highest BCUT2D eigenvalue weighted by Crippen LogP contribution is 2.03. The number of hydrogen-bond donors (Lipinski definition) is 3. The Kier molecular flexibility index (Phi) is 24.4. The van der Waals surface area contributed by atoms with Gasteiger partial charge in [0, 0.05) is 25.1 Å². The highest BCUT2D eigenvalue weighted by atomic mass is 16.5. The first-order valence-corrected chi connectivity index (χ1v) is 14.3. The summed E-state index contributed by atoms with van der Waals surface area (Å²) in [5.74, 6) is -2.53. The van der Waals surface area contributed by atoms with Crippen molar-refractivity contribution in [2.45, 2.75) is 90.5 Å². The molecule has 0 saturated heterocycles. The summed E-state index contributed by atoms with van der Waals surface area (Å²) in [6.45, 7) is 4.41. The van der Waals surface area contributed by atoms with Crippen LogP contribution in [-0.4, -0.2) is 48.1 Å². The molecule has 0 aliphatic heterocycles. The fourth-order valence-corrected chi connectivity index (χ4v) is 3.35. The first-order chi connectivity index (χ1) is 19.4. The number of amides is 2. The summed E-state index contributed by atoms with van der Waals surface area (Å²) in [7, 11) is 0. The molecule has 1 atom stereocenters. The zero-order chi connectivity index (χ0) is 29.7. The number of ether oxygens (including phenoxy) is 1. The summed E-state index contributed by atoms with van der Waals surface area (Å²) in [6.07, 6.45) is 31.7. The van der Waals surface area contributed by atoms with E-state index in [1.165, 1.54) is 0 Å². The lowest BCUT2D eigenvalue weighted by Crippen LogP contribution is -2.40. The Labute approximate surface area is 240 Å². The van der Waals surface area contributed by atoms with E-state index in [0.717, 1.165) is 57.1 Å². The predicted octanol–water partition coefficient (Wildman–Crippen LogP) is 5.88. The zero-order valence-corrected chi connectivity index (χ0v) is 24.2. The number of unbranched alkanes of at least 4 members (excludes halogenated alkanes) is 2. The zero-order valence-electron chi connectivity index (χ0n) is 24.2. The van der Waals surface area contributed by atoms with Crippen LogP contribution in [0.5, 0.6) is 0 Å². The van der Waals surface area contributed by atoms with Crippen molar-refractivity contribution >= 4 is 23.8 Å².